The number of nitrogens with zero attached hydrogens (tertiary/aromatic N) is 1. The van der Waals surface area contributed by atoms with Gasteiger partial charge in [-0.1, -0.05) is 12.8 Å². The van der Waals surface area contributed by atoms with Gasteiger partial charge in [0.25, 0.3) is 0 Å². The third-order valence-corrected chi connectivity index (χ3v) is 3.94. The van der Waals surface area contributed by atoms with Gasteiger partial charge in [0.05, 0.1) is 0 Å². The third kappa shape index (κ3) is 1.92. The van der Waals surface area contributed by atoms with Crippen molar-refractivity contribution in [3.05, 3.63) is 23.0 Å². The first-order valence-electron chi connectivity index (χ1n) is 6.60. The largest absolute Gasteiger partial charge is 0.344 e. The van der Waals surface area contributed by atoms with Gasteiger partial charge in [-0.2, -0.15) is 0 Å². The van der Waals surface area contributed by atoms with Crippen molar-refractivity contribution in [3.63, 3.8) is 0 Å². The Morgan fingerprint density at radius 2 is 1.69 bits per heavy atom. The fourth-order valence-electron chi connectivity index (χ4n) is 3.47. The predicted octanol–water partition coefficient (Wildman–Crippen LogP) is 4.52. The first-order chi connectivity index (χ1) is 7.41. The lowest BCUT2D eigenvalue weighted by molar-refractivity contribution is 0.382. The molecular weight excluding hydrogens is 194 g/mol. The van der Waals surface area contributed by atoms with Crippen LogP contribution < -0.4 is 0 Å². The highest BCUT2D eigenvalue weighted by Gasteiger charge is 2.25. The molecule has 1 heteroatoms. The number of hydrogen-bond acceptors (Lipinski definition) is 0. The van der Waals surface area contributed by atoms with Crippen LogP contribution in [0.2, 0.25) is 0 Å². The topological polar surface area (TPSA) is 4.93 Å². The Balaban J connectivity index is 2.42. The monoisotopic (exact) mass is 219 g/mol. The third-order valence-electron chi connectivity index (χ3n) is 3.94. The normalized spacial score (nSPS) is 18.3. The van der Waals surface area contributed by atoms with Gasteiger partial charge in [-0.05, 0) is 65.0 Å². The maximum atomic E-state index is 2.50. The highest BCUT2D eigenvalue weighted by atomic mass is 15.1. The zero-order chi connectivity index (χ0) is 11.9. The van der Waals surface area contributed by atoms with Crippen LogP contribution in [-0.4, -0.2) is 4.57 Å². The standard InChI is InChI=1S/C15H25N/c1-11-10-14(13-8-6-7-9-13)12(2)16(11)15(3,4)5/h10,13H,6-9H2,1-5H3. The van der Waals surface area contributed by atoms with Crippen LogP contribution >= 0.6 is 0 Å². The Bertz CT molecular complexity index is 373. The summed E-state index contributed by atoms with van der Waals surface area (Å²) in [6.07, 6.45) is 5.64. The minimum absolute atomic E-state index is 0.213. The number of aryl methyl sites for hydroxylation is 1. The molecule has 1 nitrogen and oxygen atoms in total. The quantitative estimate of drug-likeness (QED) is 0.654. The van der Waals surface area contributed by atoms with E-state index in [0.29, 0.717) is 0 Å². The van der Waals surface area contributed by atoms with Crippen LogP contribution in [0.3, 0.4) is 0 Å². The molecule has 1 fully saturated rings. The minimum atomic E-state index is 0.213. The molecule has 0 saturated heterocycles. The van der Waals surface area contributed by atoms with Crippen molar-refractivity contribution in [2.75, 3.05) is 0 Å². The van der Waals surface area contributed by atoms with Gasteiger partial charge in [0, 0.05) is 16.9 Å². The average Bonchev–Trinajstić information content (AvgIpc) is 2.71. The van der Waals surface area contributed by atoms with E-state index in [0.717, 1.165) is 5.92 Å². The molecule has 0 amide bonds. The summed E-state index contributed by atoms with van der Waals surface area (Å²) in [4.78, 5) is 0. The lowest BCUT2D eigenvalue weighted by Crippen LogP contribution is -2.24. The first kappa shape index (κ1) is 11.8. The van der Waals surface area contributed by atoms with Crippen molar-refractivity contribution in [2.45, 2.75) is 71.8 Å². The van der Waals surface area contributed by atoms with Gasteiger partial charge in [0.15, 0.2) is 0 Å². The van der Waals surface area contributed by atoms with E-state index in [9.17, 15) is 0 Å². The lowest BCUT2D eigenvalue weighted by Gasteiger charge is -2.26. The van der Waals surface area contributed by atoms with Gasteiger partial charge >= 0.3 is 0 Å². The summed E-state index contributed by atoms with van der Waals surface area (Å²) in [5.41, 5.74) is 4.75. The van der Waals surface area contributed by atoms with E-state index >= 15 is 0 Å². The Labute approximate surface area is 99.9 Å². The second kappa shape index (κ2) is 3.94. The SMILES string of the molecule is Cc1cc(C2CCCC2)c(C)n1C(C)(C)C. The molecule has 0 aliphatic heterocycles. The molecule has 1 aromatic rings. The second-order valence-electron chi connectivity index (χ2n) is 6.31. The molecule has 0 bridgehead atoms. The zero-order valence-electron chi connectivity index (χ0n) is 11.4. The second-order valence-corrected chi connectivity index (χ2v) is 6.31. The van der Waals surface area contributed by atoms with Crippen molar-refractivity contribution >= 4 is 0 Å². The van der Waals surface area contributed by atoms with Crippen LogP contribution in [0.15, 0.2) is 6.07 Å². The van der Waals surface area contributed by atoms with Crippen molar-refractivity contribution < 1.29 is 0 Å². The molecule has 0 aromatic carbocycles. The summed E-state index contributed by atoms with van der Waals surface area (Å²) in [6, 6.07) is 2.43. The Hall–Kier alpha value is -0.720. The summed E-state index contributed by atoms with van der Waals surface area (Å²) >= 11 is 0. The van der Waals surface area contributed by atoms with E-state index in [1.54, 1.807) is 5.56 Å². The van der Waals surface area contributed by atoms with E-state index in [4.69, 9.17) is 0 Å². The molecule has 1 aromatic heterocycles. The molecular formula is C15H25N. The van der Waals surface area contributed by atoms with Crippen LogP contribution in [-0.2, 0) is 5.54 Å². The summed E-state index contributed by atoms with van der Waals surface area (Å²) < 4.78 is 2.50. The molecule has 2 rings (SSSR count). The molecule has 16 heavy (non-hydrogen) atoms. The van der Waals surface area contributed by atoms with Crippen molar-refractivity contribution in [3.8, 4) is 0 Å². The molecule has 0 N–H and O–H groups in total. The molecule has 0 atom stereocenters. The molecule has 0 unspecified atom stereocenters. The zero-order valence-corrected chi connectivity index (χ0v) is 11.4. The fraction of sp³-hybridized carbons (Fsp3) is 0.733. The summed E-state index contributed by atoms with van der Waals surface area (Å²) in [6.45, 7) is 11.4. The molecule has 1 heterocycles. The van der Waals surface area contributed by atoms with E-state index in [1.165, 1.54) is 37.1 Å². The molecule has 1 aliphatic rings. The number of aromatic nitrogens is 1. The van der Waals surface area contributed by atoms with Gasteiger partial charge in [0.1, 0.15) is 0 Å². The summed E-state index contributed by atoms with van der Waals surface area (Å²) in [5.74, 6) is 0.835. The van der Waals surface area contributed by atoms with Crippen LogP contribution in [0.5, 0.6) is 0 Å². The summed E-state index contributed by atoms with van der Waals surface area (Å²) in [7, 11) is 0. The molecule has 1 saturated carbocycles. The fourth-order valence-corrected chi connectivity index (χ4v) is 3.47. The number of hydrogen-bond donors (Lipinski definition) is 0. The summed E-state index contributed by atoms with van der Waals surface area (Å²) in [5, 5.41) is 0. The minimum Gasteiger partial charge on any atom is -0.344 e. The van der Waals surface area contributed by atoms with Gasteiger partial charge in [-0.3, -0.25) is 0 Å². The van der Waals surface area contributed by atoms with Gasteiger partial charge in [-0.25, -0.2) is 0 Å². The van der Waals surface area contributed by atoms with Gasteiger partial charge < -0.3 is 4.57 Å². The predicted molar refractivity (Wildman–Crippen MR) is 70.1 cm³/mol. The smallest absolute Gasteiger partial charge is 0.0360 e. The van der Waals surface area contributed by atoms with Crippen LogP contribution in [0, 0.1) is 13.8 Å². The highest BCUT2D eigenvalue weighted by molar-refractivity contribution is 5.32. The Morgan fingerprint density at radius 1 is 1.12 bits per heavy atom. The van der Waals surface area contributed by atoms with Crippen molar-refractivity contribution in [1.82, 2.24) is 4.57 Å². The maximum absolute atomic E-state index is 2.50. The molecule has 0 radical (unpaired) electrons. The van der Waals surface area contributed by atoms with Crippen molar-refractivity contribution in [1.29, 1.82) is 0 Å². The van der Waals surface area contributed by atoms with E-state index in [2.05, 4.69) is 45.3 Å². The van der Waals surface area contributed by atoms with Crippen molar-refractivity contribution in [2.24, 2.45) is 0 Å². The van der Waals surface area contributed by atoms with E-state index in [1.807, 2.05) is 0 Å². The van der Waals surface area contributed by atoms with E-state index < -0.39 is 0 Å². The molecule has 1 aliphatic carbocycles. The Morgan fingerprint density at radius 3 is 2.12 bits per heavy atom. The van der Waals surface area contributed by atoms with Gasteiger partial charge in [0.2, 0.25) is 0 Å². The van der Waals surface area contributed by atoms with E-state index in [-0.39, 0.29) is 5.54 Å². The highest BCUT2D eigenvalue weighted by Crippen LogP contribution is 2.38. The number of rotatable bonds is 1. The van der Waals surface area contributed by atoms with Crippen LogP contribution in [0.4, 0.5) is 0 Å². The first-order valence-corrected chi connectivity index (χ1v) is 6.60. The maximum Gasteiger partial charge on any atom is 0.0360 e. The molecule has 0 spiro atoms. The van der Waals surface area contributed by atoms with Crippen LogP contribution in [0.25, 0.3) is 0 Å². The van der Waals surface area contributed by atoms with Gasteiger partial charge in [-0.15, -0.1) is 0 Å². The Kier molecular flexibility index (Phi) is 2.90. The molecule has 90 valence electrons. The average molecular weight is 219 g/mol. The van der Waals surface area contributed by atoms with Crippen LogP contribution in [0.1, 0.15) is 69.3 Å². The lowest BCUT2D eigenvalue weighted by atomic mass is 9.98.